The van der Waals surface area contributed by atoms with Gasteiger partial charge in [-0.1, -0.05) is 20.8 Å². The van der Waals surface area contributed by atoms with Crippen LogP contribution >= 0.6 is 0 Å². The van der Waals surface area contributed by atoms with Crippen molar-refractivity contribution in [2.45, 2.75) is 33.1 Å². The molecule has 0 heterocycles. The molecule has 0 aliphatic heterocycles. The average molecular weight is 234 g/mol. The van der Waals surface area contributed by atoms with Crippen LogP contribution in [0.1, 0.15) is 20.8 Å². The molecule has 1 aliphatic carbocycles. The largest absolute Gasteiger partial charge is 0.395 e. The van der Waals surface area contributed by atoms with E-state index in [1.165, 1.54) is 13.8 Å². The summed E-state index contributed by atoms with van der Waals surface area (Å²) in [7, 11) is 0. The molecule has 0 saturated heterocycles. The van der Waals surface area contributed by atoms with Crippen LogP contribution in [0.5, 0.6) is 0 Å². The van der Waals surface area contributed by atoms with E-state index in [0.717, 1.165) is 6.92 Å². The van der Waals surface area contributed by atoms with Crippen molar-refractivity contribution in [3.8, 4) is 0 Å². The van der Waals surface area contributed by atoms with Crippen LogP contribution < -0.4 is 0 Å². The second-order valence-corrected chi connectivity index (χ2v) is 4.39. The smallest absolute Gasteiger partial charge is 0.171 e. The highest BCUT2D eigenvalue weighted by atomic mass is 19.4. The van der Waals surface area contributed by atoms with E-state index in [-0.39, 0.29) is 0 Å². The molecule has 3 atom stereocenters. The summed E-state index contributed by atoms with van der Waals surface area (Å²) in [6.07, 6.45) is -9.56. The molecule has 6 heteroatoms. The Balaban J connectivity index is 3.10. The molecular weight excluding hydrogens is 222 g/mol. The zero-order valence-corrected chi connectivity index (χ0v) is 8.50. The van der Waals surface area contributed by atoms with Gasteiger partial charge < -0.3 is 0 Å². The normalized spacial score (nSPS) is 37.2. The van der Waals surface area contributed by atoms with Crippen LogP contribution in [0.4, 0.5) is 26.3 Å². The minimum absolute atomic E-state index is 1.02. The molecule has 0 aromatic rings. The lowest BCUT2D eigenvalue weighted by Crippen LogP contribution is -2.35. The molecule has 90 valence electrons. The standard InChI is InChI=1S/C9H12F6/c1-4(2)7(9(13,14)15)5(3)6(7)8(10,11)12/h4-6H,1-3H3. The maximum absolute atomic E-state index is 12.7. The molecule has 0 aromatic heterocycles. The summed E-state index contributed by atoms with van der Waals surface area (Å²) in [6.45, 7) is 3.40. The minimum atomic E-state index is -4.79. The summed E-state index contributed by atoms with van der Waals surface area (Å²) < 4.78 is 75.2. The monoisotopic (exact) mass is 234 g/mol. The van der Waals surface area contributed by atoms with Crippen LogP contribution in [0.15, 0.2) is 0 Å². The van der Waals surface area contributed by atoms with E-state index in [0.29, 0.717) is 0 Å². The highest BCUT2D eigenvalue weighted by molar-refractivity contribution is 5.16. The molecule has 1 fully saturated rings. The molecule has 15 heavy (non-hydrogen) atoms. The number of halogens is 6. The predicted molar refractivity (Wildman–Crippen MR) is 42.0 cm³/mol. The zero-order chi connectivity index (χ0) is 12.2. The van der Waals surface area contributed by atoms with Crippen molar-refractivity contribution >= 4 is 0 Å². The molecule has 0 bridgehead atoms. The first-order chi connectivity index (χ1) is 6.47. The first-order valence-corrected chi connectivity index (χ1v) is 4.60. The first-order valence-electron chi connectivity index (χ1n) is 4.60. The summed E-state index contributed by atoms with van der Waals surface area (Å²) in [4.78, 5) is 0. The van der Waals surface area contributed by atoms with Crippen LogP contribution in [0, 0.1) is 23.2 Å². The summed E-state index contributed by atoms with van der Waals surface area (Å²) in [5.74, 6) is -4.68. The Bertz CT molecular complexity index is 250. The molecule has 0 spiro atoms. The van der Waals surface area contributed by atoms with E-state index in [4.69, 9.17) is 0 Å². The third-order valence-electron chi connectivity index (χ3n) is 3.46. The van der Waals surface area contributed by atoms with Gasteiger partial charge in [0.05, 0.1) is 11.3 Å². The molecular formula is C9H12F6. The van der Waals surface area contributed by atoms with Gasteiger partial charge in [-0.3, -0.25) is 0 Å². The Morgan fingerprint density at radius 1 is 1.00 bits per heavy atom. The topological polar surface area (TPSA) is 0 Å². The third kappa shape index (κ3) is 1.52. The maximum atomic E-state index is 12.7. The number of hydrogen-bond donors (Lipinski definition) is 0. The lowest BCUT2D eigenvalue weighted by Gasteiger charge is -2.26. The minimum Gasteiger partial charge on any atom is -0.171 e. The van der Waals surface area contributed by atoms with Gasteiger partial charge in [-0.05, 0) is 11.8 Å². The van der Waals surface area contributed by atoms with E-state index in [2.05, 4.69) is 0 Å². The van der Waals surface area contributed by atoms with E-state index < -0.39 is 35.5 Å². The van der Waals surface area contributed by atoms with Gasteiger partial charge in [-0.15, -0.1) is 0 Å². The Labute approximate surface area is 83.6 Å². The van der Waals surface area contributed by atoms with E-state index in [1.807, 2.05) is 0 Å². The second-order valence-electron chi connectivity index (χ2n) is 4.39. The van der Waals surface area contributed by atoms with Gasteiger partial charge >= 0.3 is 12.4 Å². The number of alkyl halides is 6. The molecule has 1 rings (SSSR count). The van der Waals surface area contributed by atoms with Crippen molar-refractivity contribution in [3.63, 3.8) is 0 Å². The summed E-state index contributed by atoms with van der Waals surface area (Å²) in [5, 5.41) is 0. The predicted octanol–water partition coefficient (Wildman–Crippen LogP) is 4.02. The first kappa shape index (κ1) is 12.6. The van der Waals surface area contributed by atoms with Crippen molar-refractivity contribution in [2.24, 2.45) is 23.2 Å². The van der Waals surface area contributed by atoms with E-state index in [9.17, 15) is 26.3 Å². The van der Waals surface area contributed by atoms with Crippen LogP contribution in [0.3, 0.4) is 0 Å². The van der Waals surface area contributed by atoms with E-state index >= 15 is 0 Å². The van der Waals surface area contributed by atoms with Gasteiger partial charge in [0.15, 0.2) is 0 Å². The summed E-state index contributed by atoms with van der Waals surface area (Å²) in [6, 6.07) is 0. The molecule has 1 saturated carbocycles. The summed E-state index contributed by atoms with van der Waals surface area (Å²) >= 11 is 0. The van der Waals surface area contributed by atoms with Crippen LogP contribution in [-0.4, -0.2) is 12.4 Å². The number of rotatable bonds is 1. The number of hydrogen-bond acceptors (Lipinski definition) is 0. The molecule has 0 amide bonds. The molecule has 0 nitrogen and oxygen atoms in total. The molecule has 0 aromatic carbocycles. The third-order valence-corrected chi connectivity index (χ3v) is 3.46. The Hall–Kier alpha value is -0.420. The lowest BCUT2D eigenvalue weighted by molar-refractivity contribution is -0.236. The van der Waals surface area contributed by atoms with Crippen molar-refractivity contribution in [2.75, 3.05) is 0 Å². The van der Waals surface area contributed by atoms with Crippen molar-refractivity contribution < 1.29 is 26.3 Å². The van der Waals surface area contributed by atoms with Crippen molar-refractivity contribution in [3.05, 3.63) is 0 Å². The molecule has 3 unspecified atom stereocenters. The summed E-state index contributed by atoms with van der Waals surface area (Å²) in [5.41, 5.74) is -2.58. The molecule has 1 aliphatic rings. The Morgan fingerprint density at radius 2 is 1.40 bits per heavy atom. The molecule has 0 N–H and O–H groups in total. The maximum Gasteiger partial charge on any atom is 0.395 e. The van der Waals surface area contributed by atoms with Gasteiger partial charge in [0.2, 0.25) is 0 Å². The van der Waals surface area contributed by atoms with Crippen LogP contribution in [0.2, 0.25) is 0 Å². The SMILES string of the molecule is CC(C)C1(C(F)(F)F)C(C)C1C(F)(F)F. The fraction of sp³-hybridized carbons (Fsp3) is 1.00. The Morgan fingerprint density at radius 3 is 1.47 bits per heavy atom. The fourth-order valence-electron chi connectivity index (χ4n) is 2.79. The highest BCUT2D eigenvalue weighted by Crippen LogP contribution is 2.74. The second kappa shape index (κ2) is 3.04. The Kier molecular flexibility index (Phi) is 2.57. The van der Waals surface area contributed by atoms with Gasteiger partial charge in [0.1, 0.15) is 0 Å². The highest BCUT2D eigenvalue weighted by Gasteiger charge is 2.83. The van der Waals surface area contributed by atoms with Crippen LogP contribution in [0.25, 0.3) is 0 Å². The lowest BCUT2D eigenvalue weighted by atomic mass is 9.87. The van der Waals surface area contributed by atoms with E-state index in [1.54, 1.807) is 0 Å². The molecule has 0 radical (unpaired) electrons. The van der Waals surface area contributed by atoms with Gasteiger partial charge in [0.25, 0.3) is 0 Å². The van der Waals surface area contributed by atoms with Crippen molar-refractivity contribution in [1.29, 1.82) is 0 Å². The quantitative estimate of drug-likeness (QED) is 0.601. The van der Waals surface area contributed by atoms with Gasteiger partial charge in [-0.2, -0.15) is 26.3 Å². The van der Waals surface area contributed by atoms with Gasteiger partial charge in [-0.25, -0.2) is 0 Å². The van der Waals surface area contributed by atoms with Crippen molar-refractivity contribution in [1.82, 2.24) is 0 Å². The fourth-order valence-corrected chi connectivity index (χ4v) is 2.79. The zero-order valence-electron chi connectivity index (χ0n) is 8.50. The van der Waals surface area contributed by atoms with Crippen LogP contribution in [-0.2, 0) is 0 Å². The van der Waals surface area contributed by atoms with Gasteiger partial charge in [0, 0.05) is 0 Å². The average Bonchev–Trinajstić information content (AvgIpc) is 2.53.